The fourth-order valence-corrected chi connectivity index (χ4v) is 3.42. The molecule has 0 fully saturated rings. The van der Waals surface area contributed by atoms with Gasteiger partial charge in [0.05, 0.1) is 5.75 Å². The fourth-order valence-electron chi connectivity index (χ4n) is 2.48. The molecule has 6 heteroatoms. The van der Waals surface area contributed by atoms with E-state index in [1.807, 2.05) is 49.4 Å². The summed E-state index contributed by atoms with van der Waals surface area (Å²) in [5.74, 6) is -0.0384. The Hall–Kier alpha value is -2.76. The van der Waals surface area contributed by atoms with Crippen LogP contribution in [0.2, 0.25) is 5.02 Å². The number of amides is 2. The maximum Gasteiger partial charge on any atom is 0.255 e. The predicted molar refractivity (Wildman–Crippen MR) is 116 cm³/mol. The third kappa shape index (κ3) is 5.87. The van der Waals surface area contributed by atoms with Crippen LogP contribution in [0.3, 0.4) is 0 Å². The van der Waals surface area contributed by atoms with E-state index in [2.05, 4.69) is 10.6 Å². The molecule has 0 aromatic heterocycles. The molecule has 2 amide bonds. The van der Waals surface area contributed by atoms with Gasteiger partial charge in [-0.3, -0.25) is 9.59 Å². The standard InChI is InChI=1S/C22H19ClN2O2S/c1-15-8-10-18(11-9-15)24-21(26)14-28-20-7-3-6-19(13-20)25-22(27)16-4-2-5-17(23)12-16/h2-13H,14H2,1H3,(H,24,26)(H,25,27). The number of halogens is 1. The Morgan fingerprint density at radius 2 is 1.64 bits per heavy atom. The molecule has 2 N–H and O–H groups in total. The third-order valence-electron chi connectivity index (χ3n) is 3.88. The first kappa shape index (κ1) is 20.0. The first-order chi connectivity index (χ1) is 13.5. The lowest BCUT2D eigenvalue weighted by Gasteiger charge is -2.08. The molecule has 0 aliphatic rings. The molecule has 0 heterocycles. The molecule has 0 spiro atoms. The molecular weight excluding hydrogens is 392 g/mol. The monoisotopic (exact) mass is 410 g/mol. The van der Waals surface area contributed by atoms with Gasteiger partial charge in [0.1, 0.15) is 0 Å². The highest BCUT2D eigenvalue weighted by molar-refractivity contribution is 8.00. The van der Waals surface area contributed by atoms with Crippen molar-refractivity contribution in [3.63, 3.8) is 0 Å². The highest BCUT2D eigenvalue weighted by Gasteiger charge is 2.08. The van der Waals surface area contributed by atoms with Gasteiger partial charge in [-0.1, -0.05) is 41.4 Å². The Kier molecular flexibility index (Phi) is 6.74. The second-order valence-electron chi connectivity index (χ2n) is 6.20. The smallest absolute Gasteiger partial charge is 0.255 e. The largest absolute Gasteiger partial charge is 0.325 e. The molecular formula is C22H19ClN2O2S. The zero-order chi connectivity index (χ0) is 19.9. The highest BCUT2D eigenvalue weighted by Crippen LogP contribution is 2.23. The van der Waals surface area contributed by atoms with Crippen LogP contribution in [0, 0.1) is 6.92 Å². The van der Waals surface area contributed by atoms with Gasteiger partial charge in [-0.05, 0) is 55.5 Å². The molecule has 4 nitrogen and oxygen atoms in total. The van der Waals surface area contributed by atoms with Crippen molar-refractivity contribution in [1.29, 1.82) is 0 Å². The van der Waals surface area contributed by atoms with Crippen LogP contribution >= 0.6 is 23.4 Å². The van der Waals surface area contributed by atoms with Crippen molar-refractivity contribution in [1.82, 2.24) is 0 Å². The summed E-state index contributed by atoms with van der Waals surface area (Å²) in [6.45, 7) is 2.00. The number of thioether (sulfide) groups is 1. The number of hydrogen-bond acceptors (Lipinski definition) is 3. The molecule has 0 aliphatic carbocycles. The van der Waals surface area contributed by atoms with Gasteiger partial charge in [-0.25, -0.2) is 0 Å². The molecule has 3 aromatic rings. The lowest BCUT2D eigenvalue weighted by Crippen LogP contribution is -2.14. The van der Waals surface area contributed by atoms with Gasteiger partial charge in [-0.2, -0.15) is 0 Å². The molecule has 0 unspecified atom stereocenters. The van der Waals surface area contributed by atoms with Crippen LogP contribution in [-0.4, -0.2) is 17.6 Å². The first-order valence-corrected chi connectivity index (χ1v) is 10.0. The topological polar surface area (TPSA) is 58.2 Å². The number of hydrogen-bond donors (Lipinski definition) is 2. The zero-order valence-corrected chi connectivity index (χ0v) is 16.8. The van der Waals surface area contributed by atoms with Crippen molar-refractivity contribution in [2.75, 3.05) is 16.4 Å². The normalized spacial score (nSPS) is 10.4. The zero-order valence-electron chi connectivity index (χ0n) is 15.2. The highest BCUT2D eigenvalue weighted by atomic mass is 35.5. The summed E-state index contributed by atoms with van der Waals surface area (Å²) in [5, 5.41) is 6.23. The van der Waals surface area contributed by atoms with Crippen molar-refractivity contribution in [2.24, 2.45) is 0 Å². The van der Waals surface area contributed by atoms with Crippen LogP contribution < -0.4 is 10.6 Å². The van der Waals surface area contributed by atoms with E-state index in [0.29, 0.717) is 16.3 Å². The fraction of sp³-hybridized carbons (Fsp3) is 0.0909. The minimum Gasteiger partial charge on any atom is -0.325 e. The van der Waals surface area contributed by atoms with E-state index in [1.54, 1.807) is 30.3 Å². The number of anilines is 2. The van der Waals surface area contributed by atoms with E-state index >= 15 is 0 Å². The Labute approximate surface area is 173 Å². The van der Waals surface area contributed by atoms with Crippen molar-refractivity contribution in [3.8, 4) is 0 Å². The lowest BCUT2D eigenvalue weighted by molar-refractivity contribution is -0.113. The Morgan fingerprint density at radius 1 is 0.893 bits per heavy atom. The van der Waals surface area contributed by atoms with Crippen molar-refractivity contribution < 1.29 is 9.59 Å². The van der Waals surface area contributed by atoms with Gasteiger partial charge in [0, 0.05) is 26.9 Å². The maximum absolute atomic E-state index is 12.3. The van der Waals surface area contributed by atoms with Crippen LogP contribution in [0.25, 0.3) is 0 Å². The van der Waals surface area contributed by atoms with Crippen LogP contribution in [0.5, 0.6) is 0 Å². The van der Waals surface area contributed by atoms with Crippen LogP contribution in [0.4, 0.5) is 11.4 Å². The van der Waals surface area contributed by atoms with E-state index in [-0.39, 0.29) is 17.6 Å². The molecule has 28 heavy (non-hydrogen) atoms. The molecule has 0 aliphatic heterocycles. The average molecular weight is 411 g/mol. The lowest BCUT2D eigenvalue weighted by atomic mass is 10.2. The quantitative estimate of drug-likeness (QED) is 0.517. The number of carbonyl (C=O) groups is 2. The van der Waals surface area contributed by atoms with Gasteiger partial charge >= 0.3 is 0 Å². The SMILES string of the molecule is Cc1ccc(NC(=O)CSc2cccc(NC(=O)c3cccc(Cl)c3)c2)cc1. The van der Waals surface area contributed by atoms with Gasteiger partial charge in [-0.15, -0.1) is 11.8 Å². The minimum absolute atomic E-state index is 0.0813. The van der Waals surface area contributed by atoms with Crippen LogP contribution in [-0.2, 0) is 4.79 Å². The minimum atomic E-state index is -0.234. The number of nitrogens with one attached hydrogen (secondary N) is 2. The average Bonchev–Trinajstić information content (AvgIpc) is 2.68. The summed E-state index contributed by atoms with van der Waals surface area (Å²) in [6.07, 6.45) is 0. The molecule has 0 radical (unpaired) electrons. The number of carbonyl (C=O) groups excluding carboxylic acids is 2. The van der Waals surface area contributed by atoms with E-state index in [0.717, 1.165) is 16.1 Å². The van der Waals surface area contributed by atoms with Crippen molar-refractivity contribution >= 4 is 46.6 Å². The van der Waals surface area contributed by atoms with Gasteiger partial charge in [0.2, 0.25) is 5.91 Å². The number of benzene rings is 3. The molecule has 142 valence electrons. The Bertz CT molecular complexity index is 990. The van der Waals surface area contributed by atoms with Gasteiger partial charge in [0.25, 0.3) is 5.91 Å². The summed E-state index contributed by atoms with van der Waals surface area (Å²) >= 11 is 7.34. The Balaban J connectivity index is 1.56. The predicted octanol–water partition coefficient (Wildman–Crippen LogP) is 5.63. The van der Waals surface area contributed by atoms with Gasteiger partial charge < -0.3 is 10.6 Å². The molecule has 3 rings (SSSR count). The number of aryl methyl sites for hydroxylation is 1. The molecule has 0 bridgehead atoms. The summed E-state index contributed by atoms with van der Waals surface area (Å²) in [6, 6.07) is 21.8. The molecule has 3 aromatic carbocycles. The molecule has 0 saturated carbocycles. The molecule has 0 atom stereocenters. The molecule has 0 saturated heterocycles. The summed E-state index contributed by atoms with van der Waals surface area (Å²) in [7, 11) is 0. The van der Waals surface area contributed by atoms with E-state index in [1.165, 1.54) is 11.8 Å². The van der Waals surface area contributed by atoms with Crippen molar-refractivity contribution in [2.45, 2.75) is 11.8 Å². The van der Waals surface area contributed by atoms with Crippen molar-refractivity contribution in [3.05, 3.63) is 88.9 Å². The third-order valence-corrected chi connectivity index (χ3v) is 5.11. The first-order valence-electron chi connectivity index (χ1n) is 8.66. The van der Waals surface area contributed by atoms with E-state index in [9.17, 15) is 9.59 Å². The summed E-state index contributed by atoms with van der Waals surface area (Å²) in [5.41, 5.74) is 3.07. The van der Waals surface area contributed by atoms with Crippen LogP contribution in [0.15, 0.2) is 77.7 Å². The van der Waals surface area contributed by atoms with E-state index < -0.39 is 0 Å². The van der Waals surface area contributed by atoms with E-state index in [4.69, 9.17) is 11.6 Å². The Morgan fingerprint density at radius 3 is 2.39 bits per heavy atom. The second-order valence-corrected chi connectivity index (χ2v) is 7.68. The summed E-state index contributed by atoms with van der Waals surface area (Å²) in [4.78, 5) is 25.4. The second kappa shape index (κ2) is 9.44. The summed E-state index contributed by atoms with van der Waals surface area (Å²) < 4.78 is 0. The number of rotatable bonds is 6. The van der Waals surface area contributed by atoms with Gasteiger partial charge in [0.15, 0.2) is 0 Å². The van der Waals surface area contributed by atoms with Crippen LogP contribution in [0.1, 0.15) is 15.9 Å². The maximum atomic E-state index is 12.3.